The van der Waals surface area contributed by atoms with Crippen molar-refractivity contribution in [1.29, 1.82) is 0 Å². The number of halogens is 1. The third-order valence-electron chi connectivity index (χ3n) is 7.23. The van der Waals surface area contributed by atoms with Crippen LogP contribution in [0.1, 0.15) is 56.9 Å². The first-order valence-corrected chi connectivity index (χ1v) is 13.5. The van der Waals surface area contributed by atoms with Crippen LogP contribution >= 0.6 is 0 Å². The molecular formula is C29H33BrN2O8. The molecule has 0 saturated heterocycles. The number of methoxy groups -OCH3 is 1. The summed E-state index contributed by atoms with van der Waals surface area (Å²) in [6, 6.07) is 10.1. The molecule has 0 N–H and O–H groups in total. The van der Waals surface area contributed by atoms with Gasteiger partial charge in [-0.05, 0) is 48.1 Å². The van der Waals surface area contributed by atoms with Crippen LogP contribution in [0, 0.1) is 10.1 Å². The van der Waals surface area contributed by atoms with Gasteiger partial charge in [-0.3, -0.25) is 4.79 Å². The number of aryl methyl sites for hydroxylation is 2. The van der Waals surface area contributed by atoms with Gasteiger partial charge in [0, 0.05) is 18.9 Å². The molecule has 0 unspecified atom stereocenters. The predicted molar refractivity (Wildman–Crippen MR) is 141 cm³/mol. The zero-order valence-electron chi connectivity index (χ0n) is 22.5. The van der Waals surface area contributed by atoms with E-state index < -0.39 is 5.09 Å². The molecule has 11 heteroatoms. The van der Waals surface area contributed by atoms with E-state index in [0.717, 1.165) is 85.0 Å². The summed E-state index contributed by atoms with van der Waals surface area (Å²) in [5, 5.41) is 11.2. The lowest BCUT2D eigenvalue weighted by molar-refractivity contribution is -0.757. The number of aromatic nitrogens is 1. The molecule has 5 rings (SSSR count). The van der Waals surface area contributed by atoms with Crippen molar-refractivity contribution < 1.29 is 55.2 Å². The molecule has 0 amide bonds. The lowest BCUT2D eigenvalue weighted by atomic mass is 9.95. The highest BCUT2D eigenvalue weighted by Crippen LogP contribution is 2.41. The fraction of sp³-hybridized carbons (Fsp3) is 0.448. The minimum absolute atomic E-state index is 0. The Morgan fingerprint density at radius 3 is 2.50 bits per heavy atom. The molecule has 0 radical (unpaired) electrons. The zero-order valence-corrected chi connectivity index (χ0v) is 24.1. The highest BCUT2D eigenvalue weighted by Gasteiger charge is 2.29. The normalized spacial score (nSPS) is 12.7. The van der Waals surface area contributed by atoms with E-state index in [4.69, 9.17) is 18.9 Å². The van der Waals surface area contributed by atoms with Gasteiger partial charge in [-0.25, -0.2) is 0 Å². The van der Waals surface area contributed by atoms with Crippen molar-refractivity contribution in [3.05, 3.63) is 52.2 Å². The number of hydrogen-bond donors (Lipinski definition) is 0. The van der Waals surface area contributed by atoms with Gasteiger partial charge in [-0.15, -0.1) is 10.1 Å². The van der Waals surface area contributed by atoms with Crippen molar-refractivity contribution in [2.24, 2.45) is 0 Å². The maximum absolute atomic E-state index is 12.8. The second kappa shape index (κ2) is 13.6. The van der Waals surface area contributed by atoms with Gasteiger partial charge in [0.15, 0.2) is 35.7 Å². The number of benzene rings is 2. The lowest BCUT2D eigenvalue weighted by Crippen LogP contribution is -3.00. The van der Waals surface area contributed by atoms with Gasteiger partial charge < -0.3 is 40.8 Å². The average molecular weight is 617 g/mol. The Kier molecular flexibility index (Phi) is 10.0. The number of carbonyl (C=O) groups is 1. The molecule has 40 heavy (non-hydrogen) atoms. The molecule has 214 valence electrons. The smallest absolute Gasteiger partial charge is 0.311 e. The maximum Gasteiger partial charge on any atom is 0.311 e. The molecule has 10 nitrogen and oxygen atoms in total. The number of rotatable bonds is 13. The van der Waals surface area contributed by atoms with Crippen molar-refractivity contribution in [3.8, 4) is 34.3 Å². The second-order valence-corrected chi connectivity index (χ2v) is 9.82. The van der Waals surface area contributed by atoms with Crippen LogP contribution < -0.4 is 40.5 Å². The minimum Gasteiger partial charge on any atom is -1.00 e. The van der Waals surface area contributed by atoms with Gasteiger partial charge in [-0.2, -0.15) is 4.57 Å². The molecule has 0 saturated carbocycles. The number of fused-ring (bicyclic) bond motifs is 5. The molecular weight excluding hydrogens is 584 g/mol. The topological polar surface area (TPSA) is 110 Å². The molecule has 2 aliphatic rings. The first kappa shape index (κ1) is 29.4. The molecule has 0 bridgehead atoms. The van der Waals surface area contributed by atoms with E-state index in [9.17, 15) is 14.9 Å². The largest absolute Gasteiger partial charge is 1.00 e. The quantitative estimate of drug-likeness (QED) is 0.0719. The van der Waals surface area contributed by atoms with Crippen LogP contribution in [0.25, 0.3) is 22.0 Å². The zero-order chi connectivity index (χ0) is 27.2. The van der Waals surface area contributed by atoms with E-state index in [1.165, 1.54) is 5.56 Å². The summed E-state index contributed by atoms with van der Waals surface area (Å²) < 4.78 is 24.8. The van der Waals surface area contributed by atoms with E-state index in [1.807, 2.05) is 24.4 Å². The van der Waals surface area contributed by atoms with Gasteiger partial charge in [0.2, 0.25) is 12.5 Å². The van der Waals surface area contributed by atoms with Gasteiger partial charge >= 0.3 is 5.97 Å². The molecule has 0 atom stereocenters. The summed E-state index contributed by atoms with van der Waals surface area (Å²) >= 11 is 0. The molecule has 2 aromatic carbocycles. The monoisotopic (exact) mass is 616 g/mol. The fourth-order valence-electron chi connectivity index (χ4n) is 5.22. The Morgan fingerprint density at radius 2 is 1.75 bits per heavy atom. The first-order valence-electron chi connectivity index (χ1n) is 13.5. The van der Waals surface area contributed by atoms with Crippen LogP contribution in [0.2, 0.25) is 0 Å². The summed E-state index contributed by atoms with van der Waals surface area (Å²) in [7, 11) is 1.58. The third-order valence-corrected chi connectivity index (χ3v) is 7.23. The molecule has 3 aromatic rings. The van der Waals surface area contributed by atoms with Crippen LogP contribution in [-0.4, -0.2) is 31.6 Å². The Bertz CT molecular complexity index is 1380. The maximum atomic E-state index is 12.8. The van der Waals surface area contributed by atoms with Crippen molar-refractivity contribution >= 4 is 16.7 Å². The summed E-state index contributed by atoms with van der Waals surface area (Å²) in [4.78, 5) is 27.2. The van der Waals surface area contributed by atoms with E-state index in [2.05, 4.69) is 21.5 Å². The number of pyridine rings is 1. The molecule has 0 fully saturated rings. The van der Waals surface area contributed by atoms with Crippen LogP contribution in [0.15, 0.2) is 36.5 Å². The molecule has 2 aliphatic heterocycles. The second-order valence-electron chi connectivity index (χ2n) is 9.82. The number of carbonyl (C=O) groups excluding carboxylic acids is 1. The standard InChI is InChI=1S/C29H33N2O8.BrH/c1-35-25-11-10-20-15-24-22-17-27-26(36-19-37-27)16-21(22)12-13-30(24)18-23(20)29(25)39-28(32)9-7-5-3-2-4-6-8-14-38-31(33)34;/h10-11,15-18H,2-9,12-14,19H2,1H3;1H/q+1;/p-1. The Morgan fingerprint density at radius 1 is 1.02 bits per heavy atom. The first-order chi connectivity index (χ1) is 19.0. The van der Waals surface area contributed by atoms with E-state index >= 15 is 0 Å². The van der Waals surface area contributed by atoms with Crippen molar-refractivity contribution in [2.75, 3.05) is 20.5 Å². The van der Waals surface area contributed by atoms with E-state index in [-0.39, 0.29) is 36.4 Å². The van der Waals surface area contributed by atoms with Gasteiger partial charge in [0.1, 0.15) is 0 Å². The van der Waals surface area contributed by atoms with Gasteiger partial charge in [-0.1, -0.05) is 32.1 Å². The van der Waals surface area contributed by atoms with Crippen LogP contribution in [0.3, 0.4) is 0 Å². The van der Waals surface area contributed by atoms with E-state index in [1.54, 1.807) is 7.11 Å². The number of nitrogens with zero attached hydrogens (tertiary/aromatic N) is 2. The van der Waals surface area contributed by atoms with Crippen LogP contribution in [0.4, 0.5) is 0 Å². The third kappa shape index (κ3) is 6.75. The molecule has 3 heterocycles. The molecule has 0 aliphatic carbocycles. The number of esters is 1. The summed E-state index contributed by atoms with van der Waals surface area (Å²) in [5.41, 5.74) is 3.42. The number of ether oxygens (including phenoxy) is 4. The Balaban J connectivity index is 0.00000370. The van der Waals surface area contributed by atoms with Crippen LogP contribution in [-0.2, 0) is 22.6 Å². The summed E-state index contributed by atoms with van der Waals surface area (Å²) in [6.07, 6.45) is 9.50. The molecule has 1 aromatic heterocycles. The van der Waals surface area contributed by atoms with E-state index in [0.29, 0.717) is 24.3 Å². The number of unbranched alkanes of at least 4 members (excludes halogenated alkanes) is 6. The average Bonchev–Trinajstić information content (AvgIpc) is 3.39. The number of hydrogen-bond acceptors (Lipinski definition) is 8. The Labute approximate surface area is 243 Å². The predicted octanol–water partition coefficient (Wildman–Crippen LogP) is 2.33. The highest BCUT2D eigenvalue weighted by molar-refractivity contribution is 5.93. The van der Waals surface area contributed by atoms with Crippen LogP contribution in [0.5, 0.6) is 23.0 Å². The summed E-state index contributed by atoms with van der Waals surface area (Å²) in [5.74, 6) is 2.25. The lowest BCUT2D eigenvalue weighted by Gasteiger charge is -2.17. The Hall–Kier alpha value is -3.60. The van der Waals surface area contributed by atoms with Crippen molar-refractivity contribution in [1.82, 2.24) is 0 Å². The van der Waals surface area contributed by atoms with Gasteiger partial charge in [0.05, 0.1) is 24.7 Å². The van der Waals surface area contributed by atoms with Crippen molar-refractivity contribution in [2.45, 2.75) is 64.3 Å². The summed E-state index contributed by atoms with van der Waals surface area (Å²) in [6.45, 7) is 1.19. The van der Waals surface area contributed by atoms with Gasteiger partial charge in [0.25, 0.3) is 5.09 Å². The molecule has 0 spiro atoms. The fourth-order valence-corrected chi connectivity index (χ4v) is 5.22. The van der Waals surface area contributed by atoms with Crippen molar-refractivity contribution in [3.63, 3.8) is 0 Å². The highest BCUT2D eigenvalue weighted by atomic mass is 79.9. The SMILES string of the molecule is COc1ccc2cc3[n+](cc2c1OC(=O)CCCCCCCCCO[N+](=O)[O-])CCc1cc2c(cc1-3)OCO2.[Br-]. The minimum atomic E-state index is -0.755.